The number of benzene rings is 1. The Labute approximate surface area is 102 Å². The van der Waals surface area contributed by atoms with Gasteiger partial charge < -0.3 is 20.5 Å². The maximum atomic E-state index is 5.73. The summed E-state index contributed by atoms with van der Waals surface area (Å²) in [6.07, 6.45) is 1.05. The zero-order valence-corrected chi connectivity index (χ0v) is 10.5. The van der Waals surface area contributed by atoms with Crippen molar-refractivity contribution in [2.45, 2.75) is 25.4 Å². The molecule has 0 aromatic heterocycles. The van der Waals surface area contributed by atoms with Gasteiger partial charge in [-0.25, -0.2) is 0 Å². The van der Waals surface area contributed by atoms with Crippen molar-refractivity contribution in [2.24, 2.45) is 0 Å². The summed E-state index contributed by atoms with van der Waals surface area (Å²) in [4.78, 5) is 0. The van der Waals surface area contributed by atoms with E-state index >= 15 is 0 Å². The number of anilines is 1. The van der Waals surface area contributed by atoms with Crippen LogP contribution in [0.1, 0.15) is 18.9 Å². The SMILES string of the molecule is COc1cc(N)ccc1CNC1(C)CCOC1. The lowest BCUT2D eigenvalue weighted by Crippen LogP contribution is -2.42. The van der Waals surface area contributed by atoms with E-state index in [4.69, 9.17) is 15.2 Å². The van der Waals surface area contributed by atoms with Crippen molar-refractivity contribution in [3.63, 3.8) is 0 Å². The first-order valence-electron chi connectivity index (χ1n) is 5.88. The maximum Gasteiger partial charge on any atom is 0.125 e. The van der Waals surface area contributed by atoms with Crippen LogP contribution in [0.25, 0.3) is 0 Å². The van der Waals surface area contributed by atoms with Crippen molar-refractivity contribution in [1.29, 1.82) is 0 Å². The summed E-state index contributed by atoms with van der Waals surface area (Å²) in [6, 6.07) is 5.75. The van der Waals surface area contributed by atoms with Gasteiger partial charge >= 0.3 is 0 Å². The minimum Gasteiger partial charge on any atom is -0.496 e. The van der Waals surface area contributed by atoms with Crippen molar-refractivity contribution in [3.05, 3.63) is 23.8 Å². The fourth-order valence-electron chi connectivity index (χ4n) is 2.02. The van der Waals surface area contributed by atoms with Crippen LogP contribution in [-0.2, 0) is 11.3 Å². The summed E-state index contributed by atoms with van der Waals surface area (Å²) in [5.74, 6) is 0.833. The number of hydrogen-bond donors (Lipinski definition) is 2. The van der Waals surface area contributed by atoms with Gasteiger partial charge in [-0.05, 0) is 19.4 Å². The van der Waals surface area contributed by atoms with Crippen LogP contribution in [-0.4, -0.2) is 25.9 Å². The fraction of sp³-hybridized carbons (Fsp3) is 0.538. The van der Waals surface area contributed by atoms with Crippen LogP contribution in [0.5, 0.6) is 5.75 Å². The Hall–Kier alpha value is -1.26. The zero-order chi connectivity index (χ0) is 12.3. The zero-order valence-electron chi connectivity index (χ0n) is 10.5. The van der Waals surface area contributed by atoms with Crippen molar-refractivity contribution in [3.8, 4) is 5.75 Å². The maximum absolute atomic E-state index is 5.73. The first kappa shape index (κ1) is 12.2. The van der Waals surface area contributed by atoms with Crippen LogP contribution in [0.2, 0.25) is 0 Å². The van der Waals surface area contributed by atoms with Gasteiger partial charge in [0.1, 0.15) is 5.75 Å². The Bertz CT molecular complexity index is 387. The summed E-state index contributed by atoms with van der Waals surface area (Å²) in [5, 5.41) is 3.52. The van der Waals surface area contributed by atoms with E-state index in [-0.39, 0.29) is 5.54 Å². The van der Waals surface area contributed by atoms with E-state index in [1.165, 1.54) is 0 Å². The van der Waals surface area contributed by atoms with Gasteiger partial charge in [0.15, 0.2) is 0 Å². The monoisotopic (exact) mass is 236 g/mol. The number of nitrogen functional groups attached to an aromatic ring is 1. The molecular formula is C13H20N2O2. The van der Waals surface area contributed by atoms with Crippen molar-refractivity contribution >= 4 is 5.69 Å². The molecule has 0 spiro atoms. The predicted octanol–water partition coefficient (Wildman–Crippen LogP) is 1.55. The molecule has 17 heavy (non-hydrogen) atoms. The van der Waals surface area contributed by atoms with Crippen LogP contribution in [0.15, 0.2) is 18.2 Å². The number of ether oxygens (including phenoxy) is 2. The number of nitrogens with one attached hydrogen (secondary N) is 1. The molecule has 1 saturated heterocycles. The first-order chi connectivity index (χ1) is 8.13. The van der Waals surface area contributed by atoms with Crippen LogP contribution in [0.3, 0.4) is 0 Å². The van der Waals surface area contributed by atoms with Gasteiger partial charge in [-0.15, -0.1) is 0 Å². The molecule has 1 aromatic carbocycles. The fourth-order valence-corrected chi connectivity index (χ4v) is 2.02. The molecule has 0 aliphatic carbocycles. The van der Waals surface area contributed by atoms with Gasteiger partial charge in [0.05, 0.1) is 13.7 Å². The van der Waals surface area contributed by atoms with E-state index in [0.29, 0.717) is 0 Å². The Morgan fingerprint density at radius 1 is 1.53 bits per heavy atom. The molecule has 4 heteroatoms. The van der Waals surface area contributed by atoms with E-state index in [0.717, 1.165) is 43.2 Å². The van der Waals surface area contributed by atoms with Crippen molar-refractivity contribution in [2.75, 3.05) is 26.1 Å². The average molecular weight is 236 g/mol. The minimum atomic E-state index is 0.0758. The Balaban J connectivity index is 2.03. The third kappa shape index (κ3) is 2.90. The summed E-state index contributed by atoms with van der Waals surface area (Å²) >= 11 is 0. The molecule has 0 radical (unpaired) electrons. The number of rotatable bonds is 4. The lowest BCUT2D eigenvalue weighted by molar-refractivity contribution is 0.171. The van der Waals surface area contributed by atoms with Crippen LogP contribution >= 0.6 is 0 Å². The molecule has 4 nitrogen and oxygen atoms in total. The summed E-state index contributed by atoms with van der Waals surface area (Å²) in [5.41, 5.74) is 7.65. The molecule has 0 amide bonds. The third-order valence-corrected chi connectivity index (χ3v) is 3.24. The Kier molecular flexibility index (Phi) is 3.54. The molecule has 94 valence electrons. The highest BCUT2D eigenvalue weighted by Crippen LogP contribution is 2.23. The van der Waals surface area contributed by atoms with Crippen molar-refractivity contribution < 1.29 is 9.47 Å². The van der Waals surface area contributed by atoms with Gasteiger partial charge in [-0.3, -0.25) is 0 Å². The van der Waals surface area contributed by atoms with E-state index in [1.807, 2.05) is 18.2 Å². The second-order valence-corrected chi connectivity index (χ2v) is 4.79. The highest BCUT2D eigenvalue weighted by molar-refractivity contribution is 5.48. The third-order valence-electron chi connectivity index (χ3n) is 3.24. The lowest BCUT2D eigenvalue weighted by Gasteiger charge is -2.24. The number of methoxy groups -OCH3 is 1. The molecular weight excluding hydrogens is 216 g/mol. The van der Waals surface area contributed by atoms with Crippen LogP contribution < -0.4 is 15.8 Å². The number of nitrogens with two attached hydrogens (primary N) is 1. The second-order valence-electron chi connectivity index (χ2n) is 4.79. The summed E-state index contributed by atoms with van der Waals surface area (Å²) in [7, 11) is 1.67. The molecule has 1 atom stereocenters. The summed E-state index contributed by atoms with van der Waals surface area (Å²) < 4.78 is 10.7. The van der Waals surface area contributed by atoms with Gasteiger partial charge in [0.25, 0.3) is 0 Å². The van der Waals surface area contributed by atoms with E-state index < -0.39 is 0 Å². The molecule has 1 heterocycles. The Morgan fingerprint density at radius 2 is 2.35 bits per heavy atom. The number of hydrogen-bond acceptors (Lipinski definition) is 4. The van der Waals surface area contributed by atoms with Crippen LogP contribution in [0.4, 0.5) is 5.69 Å². The normalized spacial score (nSPS) is 23.9. The minimum absolute atomic E-state index is 0.0758. The molecule has 2 rings (SSSR count). The van der Waals surface area contributed by atoms with E-state index in [2.05, 4.69) is 12.2 Å². The van der Waals surface area contributed by atoms with Gasteiger partial charge in [0.2, 0.25) is 0 Å². The highest BCUT2D eigenvalue weighted by Gasteiger charge is 2.28. The second kappa shape index (κ2) is 4.94. The molecule has 1 unspecified atom stereocenters. The van der Waals surface area contributed by atoms with Crippen LogP contribution in [0, 0.1) is 0 Å². The quantitative estimate of drug-likeness (QED) is 0.779. The van der Waals surface area contributed by atoms with Gasteiger partial charge in [-0.2, -0.15) is 0 Å². The molecule has 1 aliphatic rings. The van der Waals surface area contributed by atoms with E-state index in [1.54, 1.807) is 7.11 Å². The summed E-state index contributed by atoms with van der Waals surface area (Å²) in [6.45, 7) is 4.56. The predicted molar refractivity (Wildman–Crippen MR) is 68.1 cm³/mol. The topological polar surface area (TPSA) is 56.5 Å². The van der Waals surface area contributed by atoms with Gasteiger partial charge in [-0.1, -0.05) is 6.07 Å². The molecule has 3 N–H and O–H groups in total. The molecule has 0 bridgehead atoms. The molecule has 1 fully saturated rings. The standard InChI is InChI=1S/C13H20N2O2/c1-13(5-6-17-9-13)15-8-10-3-4-11(14)7-12(10)16-2/h3-4,7,15H,5-6,8-9,14H2,1-2H3. The smallest absolute Gasteiger partial charge is 0.125 e. The highest BCUT2D eigenvalue weighted by atomic mass is 16.5. The average Bonchev–Trinajstić information content (AvgIpc) is 2.75. The largest absolute Gasteiger partial charge is 0.496 e. The molecule has 1 aliphatic heterocycles. The Morgan fingerprint density at radius 3 is 3.00 bits per heavy atom. The molecule has 0 saturated carbocycles. The van der Waals surface area contributed by atoms with Gasteiger partial charge in [0, 0.05) is 36.0 Å². The lowest BCUT2D eigenvalue weighted by atomic mass is 10.0. The van der Waals surface area contributed by atoms with E-state index in [9.17, 15) is 0 Å². The first-order valence-corrected chi connectivity index (χ1v) is 5.88. The van der Waals surface area contributed by atoms with Crippen molar-refractivity contribution in [1.82, 2.24) is 5.32 Å². The molecule has 1 aromatic rings.